The van der Waals surface area contributed by atoms with Crippen LogP contribution in [-0.4, -0.2) is 36.3 Å². The van der Waals surface area contributed by atoms with Crippen LogP contribution in [0.4, 0.5) is 6.01 Å². The van der Waals surface area contributed by atoms with Crippen LogP contribution in [0.15, 0.2) is 22.6 Å². The highest BCUT2D eigenvalue weighted by Crippen LogP contribution is 2.20. The largest absolute Gasteiger partial charge is 0.478 e. The minimum atomic E-state index is -0.985. The van der Waals surface area contributed by atoms with Crippen molar-refractivity contribution >= 4 is 23.1 Å². The van der Waals surface area contributed by atoms with Crippen LogP contribution in [0.1, 0.15) is 17.3 Å². The van der Waals surface area contributed by atoms with Gasteiger partial charge in [-0.3, -0.25) is 0 Å². The number of methoxy groups -OCH3 is 1. The number of benzene rings is 1. The number of hydrogen-bond donors (Lipinski definition) is 2. The number of ether oxygens (including phenoxy) is 1. The lowest BCUT2D eigenvalue weighted by atomic mass is 10.2. The van der Waals surface area contributed by atoms with E-state index in [9.17, 15) is 4.79 Å². The monoisotopic (exact) mass is 264 g/mol. The number of fused-ring (bicyclic) bond motifs is 1. The first-order chi connectivity index (χ1) is 9.10. The topological polar surface area (TPSA) is 84.6 Å². The summed E-state index contributed by atoms with van der Waals surface area (Å²) in [6.45, 7) is 3.37. The lowest BCUT2D eigenvalue weighted by Crippen LogP contribution is -2.15. The van der Waals surface area contributed by atoms with E-state index in [0.29, 0.717) is 36.2 Å². The zero-order valence-electron chi connectivity index (χ0n) is 10.8. The first-order valence-corrected chi connectivity index (χ1v) is 5.97. The molecule has 2 aromatic rings. The minimum absolute atomic E-state index is 0.183. The molecule has 0 aliphatic rings. The Morgan fingerprint density at radius 3 is 3.05 bits per heavy atom. The average Bonchev–Trinajstić information content (AvgIpc) is 2.78. The van der Waals surface area contributed by atoms with Gasteiger partial charge in [0.1, 0.15) is 5.52 Å². The lowest BCUT2D eigenvalue weighted by Gasteiger charge is -2.09. The predicted octanol–water partition coefficient (Wildman–Crippen LogP) is 2.22. The second-order valence-corrected chi connectivity index (χ2v) is 4.45. The van der Waals surface area contributed by atoms with Crippen molar-refractivity contribution in [3.05, 3.63) is 23.8 Å². The molecule has 6 heteroatoms. The zero-order chi connectivity index (χ0) is 13.8. The van der Waals surface area contributed by atoms with E-state index in [-0.39, 0.29) is 5.56 Å². The Hall–Kier alpha value is -2.08. The van der Waals surface area contributed by atoms with Gasteiger partial charge in [-0.1, -0.05) is 6.92 Å². The molecule has 6 nitrogen and oxygen atoms in total. The number of nitrogens with zero attached hydrogens (tertiary/aromatic N) is 1. The van der Waals surface area contributed by atoms with Gasteiger partial charge < -0.3 is 19.6 Å². The van der Waals surface area contributed by atoms with Crippen LogP contribution >= 0.6 is 0 Å². The molecule has 2 rings (SSSR count). The molecule has 0 radical (unpaired) electrons. The van der Waals surface area contributed by atoms with Crippen LogP contribution in [0.2, 0.25) is 0 Å². The van der Waals surface area contributed by atoms with Crippen LogP contribution < -0.4 is 5.32 Å². The molecule has 2 N–H and O–H groups in total. The van der Waals surface area contributed by atoms with Crippen molar-refractivity contribution in [1.82, 2.24) is 4.98 Å². The van der Waals surface area contributed by atoms with E-state index in [1.54, 1.807) is 13.2 Å². The van der Waals surface area contributed by atoms with E-state index in [1.165, 1.54) is 12.1 Å². The molecule has 0 spiro atoms. The maximum absolute atomic E-state index is 10.8. The molecule has 0 bridgehead atoms. The van der Waals surface area contributed by atoms with Crippen molar-refractivity contribution in [2.24, 2.45) is 5.92 Å². The summed E-state index contributed by atoms with van der Waals surface area (Å²) >= 11 is 0. The summed E-state index contributed by atoms with van der Waals surface area (Å²) in [6, 6.07) is 4.99. The lowest BCUT2D eigenvalue weighted by molar-refractivity contribution is 0.0697. The van der Waals surface area contributed by atoms with Crippen LogP contribution in [0.5, 0.6) is 0 Å². The van der Waals surface area contributed by atoms with Gasteiger partial charge >= 0.3 is 5.97 Å². The summed E-state index contributed by atoms with van der Waals surface area (Å²) < 4.78 is 10.5. The van der Waals surface area contributed by atoms with Crippen LogP contribution in [0.3, 0.4) is 0 Å². The van der Waals surface area contributed by atoms with Gasteiger partial charge in [-0.05, 0) is 24.1 Å². The van der Waals surface area contributed by atoms with Crippen LogP contribution in [0.25, 0.3) is 11.1 Å². The van der Waals surface area contributed by atoms with Gasteiger partial charge in [-0.2, -0.15) is 4.98 Å². The molecule has 0 saturated heterocycles. The molecule has 1 atom stereocenters. The number of carbonyl (C=O) groups is 1. The molecule has 19 heavy (non-hydrogen) atoms. The third-order valence-corrected chi connectivity index (χ3v) is 2.69. The fraction of sp³-hybridized carbons (Fsp3) is 0.385. The molecule has 0 saturated carbocycles. The quantitative estimate of drug-likeness (QED) is 0.832. The number of anilines is 1. The molecular formula is C13H16N2O4. The predicted molar refractivity (Wildman–Crippen MR) is 70.5 cm³/mol. The average molecular weight is 264 g/mol. The van der Waals surface area contributed by atoms with E-state index in [0.717, 1.165) is 0 Å². The van der Waals surface area contributed by atoms with Gasteiger partial charge in [0, 0.05) is 13.7 Å². The smallest absolute Gasteiger partial charge is 0.335 e. The molecular weight excluding hydrogens is 248 g/mol. The maximum atomic E-state index is 10.8. The Balaban J connectivity index is 2.11. The fourth-order valence-electron chi connectivity index (χ4n) is 1.74. The molecule has 102 valence electrons. The van der Waals surface area contributed by atoms with E-state index < -0.39 is 5.97 Å². The Morgan fingerprint density at radius 2 is 2.37 bits per heavy atom. The Bertz CT molecular complexity index is 579. The van der Waals surface area contributed by atoms with Crippen molar-refractivity contribution in [3.63, 3.8) is 0 Å². The molecule has 1 aromatic carbocycles. The van der Waals surface area contributed by atoms with Gasteiger partial charge in [0.15, 0.2) is 5.58 Å². The number of hydrogen-bond acceptors (Lipinski definition) is 5. The van der Waals surface area contributed by atoms with Gasteiger partial charge in [0.05, 0.1) is 12.2 Å². The first kappa shape index (κ1) is 13.4. The van der Waals surface area contributed by atoms with Gasteiger partial charge in [0.25, 0.3) is 6.01 Å². The van der Waals surface area contributed by atoms with Crippen molar-refractivity contribution in [3.8, 4) is 0 Å². The molecule has 0 fully saturated rings. The van der Waals surface area contributed by atoms with Crippen molar-refractivity contribution in [2.45, 2.75) is 6.92 Å². The summed E-state index contributed by atoms with van der Waals surface area (Å²) in [5, 5.41) is 12.0. The molecule has 1 unspecified atom stereocenters. The van der Waals surface area contributed by atoms with E-state index in [1.807, 2.05) is 6.92 Å². The van der Waals surface area contributed by atoms with Gasteiger partial charge in [-0.15, -0.1) is 0 Å². The summed E-state index contributed by atoms with van der Waals surface area (Å²) in [5.41, 5.74) is 1.27. The summed E-state index contributed by atoms with van der Waals surface area (Å²) in [4.78, 5) is 15.1. The molecule has 0 aliphatic carbocycles. The zero-order valence-corrected chi connectivity index (χ0v) is 10.8. The van der Waals surface area contributed by atoms with E-state index >= 15 is 0 Å². The highest BCUT2D eigenvalue weighted by molar-refractivity contribution is 5.92. The second kappa shape index (κ2) is 5.71. The van der Waals surface area contributed by atoms with E-state index in [2.05, 4.69) is 10.3 Å². The maximum Gasteiger partial charge on any atom is 0.335 e. The SMILES string of the molecule is COCC(C)CNc1nc2ccc(C(=O)O)cc2o1. The number of aromatic carboxylic acids is 1. The summed E-state index contributed by atoms with van der Waals surface area (Å²) in [7, 11) is 1.66. The summed E-state index contributed by atoms with van der Waals surface area (Å²) in [6.07, 6.45) is 0. The standard InChI is InChI=1S/C13H16N2O4/c1-8(7-18-2)6-14-13-15-10-4-3-9(12(16)17)5-11(10)19-13/h3-5,8H,6-7H2,1-2H3,(H,14,15)(H,16,17). The molecule has 0 aliphatic heterocycles. The number of carboxylic acid groups (broad SMARTS) is 1. The van der Waals surface area contributed by atoms with Crippen molar-refractivity contribution < 1.29 is 19.1 Å². The molecule has 0 amide bonds. The molecule has 1 aromatic heterocycles. The normalized spacial score (nSPS) is 12.5. The Kier molecular flexibility index (Phi) is 4.01. The summed E-state index contributed by atoms with van der Waals surface area (Å²) in [5.74, 6) is -0.656. The van der Waals surface area contributed by atoms with Gasteiger partial charge in [-0.25, -0.2) is 4.79 Å². The number of oxazole rings is 1. The molecule has 1 heterocycles. The Labute approximate surface area is 110 Å². The van der Waals surface area contributed by atoms with E-state index in [4.69, 9.17) is 14.3 Å². The number of aromatic nitrogens is 1. The van der Waals surface area contributed by atoms with Crippen molar-refractivity contribution in [1.29, 1.82) is 0 Å². The first-order valence-electron chi connectivity index (χ1n) is 5.97. The highest BCUT2D eigenvalue weighted by Gasteiger charge is 2.10. The Morgan fingerprint density at radius 1 is 1.58 bits per heavy atom. The van der Waals surface area contributed by atoms with Crippen LogP contribution in [-0.2, 0) is 4.74 Å². The number of carboxylic acids is 1. The highest BCUT2D eigenvalue weighted by atomic mass is 16.5. The third kappa shape index (κ3) is 3.23. The second-order valence-electron chi connectivity index (χ2n) is 4.45. The fourth-order valence-corrected chi connectivity index (χ4v) is 1.74. The number of rotatable bonds is 6. The number of nitrogens with one attached hydrogen (secondary N) is 1. The minimum Gasteiger partial charge on any atom is -0.478 e. The van der Waals surface area contributed by atoms with Crippen LogP contribution in [0, 0.1) is 5.92 Å². The van der Waals surface area contributed by atoms with Gasteiger partial charge in [0.2, 0.25) is 0 Å². The third-order valence-electron chi connectivity index (χ3n) is 2.69. The van der Waals surface area contributed by atoms with Crippen molar-refractivity contribution in [2.75, 3.05) is 25.6 Å².